The molecule has 1 heterocycles. The Labute approximate surface area is 230 Å². The van der Waals surface area contributed by atoms with E-state index in [4.69, 9.17) is 9.47 Å². The minimum atomic E-state index is -0.736. The Balaban J connectivity index is 1.77. The third kappa shape index (κ3) is 10.3. The van der Waals surface area contributed by atoms with Gasteiger partial charge in [-0.2, -0.15) is 0 Å². The molecule has 2 aromatic rings. The number of hydrogen-bond donors (Lipinski definition) is 3. The lowest BCUT2D eigenvalue weighted by Gasteiger charge is -2.29. The summed E-state index contributed by atoms with van der Waals surface area (Å²) in [7, 11) is 1.52. The topological polar surface area (TPSA) is 114 Å². The molecule has 0 spiro atoms. The van der Waals surface area contributed by atoms with Crippen molar-refractivity contribution in [3.8, 4) is 0 Å². The number of ether oxygens (including phenoxy) is 2. The van der Waals surface area contributed by atoms with E-state index < -0.39 is 24.1 Å². The molecule has 39 heavy (non-hydrogen) atoms. The van der Waals surface area contributed by atoms with Crippen molar-refractivity contribution in [3.05, 3.63) is 83.9 Å². The summed E-state index contributed by atoms with van der Waals surface area (Å²) in [6.45, 7) is -0.0889. The molecule has 0 aliphatic carbocycles. The molecular weight excluding hydrogens is 496 g/mol. The van der Waals surface area contributed by atoms with Crippen molar-refractivity contribution in [2.75, 3.05) is 20.3 Å². The van der Waals surface area contributed by atoms with Gasteiger partial charge in [0.1, 0.15) is 6.10 Å². The summed E-state index contributed by atoms with van der Waals surface area (Å²) in [5, 5.41) is 15.7. The Morgan fingerprint density at radius 3 is 2.49 bits per heavy atom. The summed E-state index contributed by atoms with van der Waals surface area (Å²) in [4.78, 5) is 39.2. The van der Waals surface area contributed by atoms with Gasteiger partial charge in [-0.05, 0) is 43.2 Å². The van der Waals surface area contributed by atoms with E-state index in [-0.39, 0.29) is 37.4 Å². The fourth-order valence-electron chi connectivity index (χ4n) is 4.67. The number of esters is 1. The second-order valence-electron chi connectivity index (χ2n) is 9.88. The maximum atomic E-state index is 13.5. The van der Waals surface area contributed by atoms with E-state index in [1.165, 1.54) is 7.11 Å². The molecule has 2 aromatic carbocycles. The molecular formula is C31H40N2O6. The summed E-state index contributed by atoms with van der Waals surface area (Å²) in [6.07, 6.45) is 6.58. The third-order valence-electron chi connectivity index (χ3n) is 6.73. The van der Waals surface area contributed by atoms with Crippen molar-refractivity contribution < 1.29 is 29.0 Å². The van der Waals surface area contributed by atoms with Crippen LogP contribution in [0.25, 0.3) is 0 Å². The van der Waals surface area contributed by atoms with Crippen LogP contribution < -0.4 is 10.6 Å². The number of amides is 2. The molecule has 2 amide bonds. The molecule has 8 heteroatoms. The number of methoxy groups -OCH3 is 1. The maximum Gasteiger partial charge on any atom is 0.306 e. The van der Waals surface area contributed by atoms with Gasteiger partial charge in [0.25, 0.3) is 0 Å². The highest BCUT2D eigenvalue weighted by Crippen LogP contribution is 2.24. The van der Waals surface area contributed by atoms with Crippen LogP contribution in [0.1, 0.15) is 55.8 Å². The standard InChI is InChI=1S/C31H40N2O6/c1-38-22-27-30(24-15-10-6-11-16-24)39-29(36)18-12-4-2-3-9-17-25(31(37)33-27)20-28(35)32-26(21-34)19-23-13-7-5-8-14-23/h3,5-11,13-16,25-27,30,34H,2,4,12,17-22H2,1H3,(H,32,35)(H,33,37)/t25-,26-,27+,30+/m1/s1. The summed E-state index contributed by atoms with van der Waals surface area (Å²) >= 11 is 0. The lowest BCUT2D eigenvalue weighted by atomic mass is 9.96. The Morgan fingerprint density at radius 1 is 1.08 bits per heavy atom. The molecule has 210 valence electrons. The van der Waals surface area contributed by atoms with Crippen molar-refractivity contribution in [1.82, 2.24) is 10.6 Å². The van der Waals surface area contributed by atoms with Crippen LogP contribution in [0.4, 0.5) is 0 Å². The van der Waals surface area contributed by atoms with Gasteiger partial charge in [-0.15, -0.1) is 0 Å². The molecule has 0 radical (unpaired) electrons. The molecule has 0 saturated carbocycles. The van der Waals surface area contributed by atoms with E-state index in [1.807, 2.05) is 72.8 Å². The molecule has 4 atom stereocenters. The van der Waals surface area contributed by atoms with E-state index >= 15 is 0 Å². The van der Waals surface area contributed by atoms with Crippen molar-refractivity contribution >= 4 is 17.8 Å². The minimum absolute atomic E-state index is 0.0447. The number of rotatable bonds is 9. The van der Waals surface area contributed by atoms with Crippen LogP contribution in [0.3, 0.4) is 0 Å². The number of nitrogens with one attached hydrogen (secondary N) is 2. The van der Waals surface area contributed by atoms with Crippen LogP contribution in [0.15, 0.2) is 72.8 Å². The van der Waals surface area contributed by atoms with Gasteiger partial charge < -0.3 is 25.2 Å². The smallest absolute Gasteiger partial charge is 0.306 e. The fraction of sp³-hybridized carbons (Fsp3) is 0.452. The van der Waals surface area contributed by atoms with Gasteiger partial charge in [0.2, 0.25) is 11.8 Å². The average molecular weight is 537 g/mol. The average Bonchev–Trinajstić information content (AvgIpc) is 2.94. The van der Waals surface area contributed by atoms with E-state index in [1.54, 1.807) is 0 Å². The van der Waals surface area contributed by atoms with Crippen LogP contribution in [0.2, 0.25) is 0 Å². The first kappa shape index (κ1) is 30.1. The van der Waals surface area contributed by atoms with E-state index in [0.717, 1.165) is 24.0 Å². The van der Waals surface area contributed by atoms with Crippen LogP contribution >= 0.6 is 0 Å². The maximum absolute atomic E-state index is 13.5. The zero-order valence-corrected chi connectivity index (χ0v) is 22.6. The molecule has 1 aliphatic heterocycles. The number of hydrogen-bond acceptors (Lipinski definition) is 6. The number of allylic oxidation sites excluding steroid dienone is 2. The van der Waals surface area contributed by atoms with E-state index in [2.05, 4.69) is 10.6 Å². The Bertz CT molecular complexity index is 1060. The first-order valence-electron chi connectivity index (χ1n) is 13.6. The quantitative estimate of drug-likeness (QED) is 0.333. The Morgan fingerprint density at radius 2 is 1.79 bits per heavy atom. The summed E-state index contributed by atoms with van der Waals surface area (Å²) in [5.41, 5.74) is 1.75. The molecule has 8 nitrogen and oxygen atoms in total. The van der Waals surface area contributed by atoms with Crippen LogP contribution in [0, 0.1) is 5.92 Å². The zero-order valence-electron chi connectivity index (χ0n) is 22.6. The number of benzene rings is 2. The monoisotopic (exact) mass is 536 g/mol. The molecule has 0 aromatic heterocycles. The van der Waals surface area contributed by atoms with Crippen molar-refractivity contribution in [3.63, 3.8) is 0 Å². The minimum Gasteiger partial charge on any atom is -0.455 e. The van der Waals surface area contributed by atoms with Crippen LogP contribution in [-0.4, -0.2) is 55.3 Å². The summed E-state index contributed by atoms with van der Waals surface area (Å²) in [6, 6.07) is 17.8. The number of carbonyl (C=O) groups is 3. The van der Waals surface area contributed by atoms with Gasteiger partial charge >= 0.3 is 5.97 Å². The number of cyclic esters (lactones) is 1. The first-order chi connectivity index (χ1) is 19.0. The van der Waals surface area contributed by atoms with Crippen molar-refractivity contribution in [1.29, 1.82) is 0 Å². The molecule has 0 unspecified atom stereocenters. The molecule has 3 N–H and O–H groups in total. The van der Waals surface area contributed by atoms with Gasteiger partial charge in [-0.1, -0.05) is 72.8 Å². The second-order valence-corrected chi connectivity index (χ2v) is 9.88. The zero-order chi connectivity index (χ0) is 27.9. The van der Waals surface area contributed by atoms with Crippen LogP contribution in [0.5, 0.6) is 0 Å². The van der Waals surface area contributed by atoms with Gasteiger partial charge in [0, 0.05) is 20.0 Å². The molecule has 0 fully saturated rings. The molecule has 3 rings (SSSR count). The van der Waals surface area contributed by atoms with Gasteiger partial charge in [-0.3, -0.25) is 14.4 Å². The van der Waals surface area contributed by atoms with Gasteiger partial charge in [0.05, 0.1) is 31.2 Å². The largest absolute Gasteiger partial charge is 0.455 e. The van der Waals surface area contributed by atoms with Crippen molar-refractivity contribution in [2.45, 2.75) is 63.1 Å². The second kappa shape index (κ2) is 16.5. The predicted octanol–water partition coefficient (Wildman–Crippen LogP) is 3.65. The Kier molecular flexibility index (Phi) is 12.7. The highest BCUT2D eigenvalue weighted by Gasteiger charge is 2.31. The van der Waals surface area contributed by atoms with Gasteiger partial charge in [0.15, 0.2) is 0 Å². The fourth-order valence-corrected chi connectivity index (χ4v) is 4.67. The lowest BCUT2D eigenvalue weighted by Crippen LogP contribution is -2.47. The third-order valence-corrected chi connectivity index (χ3v) is 6.73. The van der Waals surface area contributed by atoms with Gasteiger partial charge in [-0.25, -0.2) is 0 Å². The van der Waals surface area contributed by atoms with Crippen molar-refractivity contribution in [2.24, 2.45) is 5.92 Å². The normalized spacial score (nSPS) is 21.7. The highest BCUT2D eigenvalue weighted by atomic mass is 16.5. The molecule has 0 saturated heterocycles. The summed E-state index contributed by atoms with van der Waals surface area (Å²) in [5.74, 6) is -1.61. The lowest BCUT2D eigenvalue weighted by molar-refractivity contribution is -0.153. The van der Waals surface area contributed by atoms with E-state index in [0.29, 0.717) is 25.7 Å². The highest BCUT2D eigenvalue weighted by molar-refractivity contribution is 5.86. The predicted molar refractivity (Wildman–Crippen MR) is 149 cm³/mol. The molecule has 0 bridgehead atoms. The first-order valence-corrected chi connectivity index (χ1v) is 13.6. The van der Waals surface area contributed by atoms with Crippen LogP contribution in [-0.2, 0) is 30.3 Å². The number of aliphatic hydroxyl groups is 1. The summed E-state index contributed by atoms with van der Waals surface area (Å²) < 4.78 is 11.3. The number of aliphatic hydroxyl groups excluding tert-OH is 1. The SMILES string of the molecule is COC[C@@H]1NC(=O)[C@@H](CC(=O)N[C@@H](CO)Cc2ccccc2)CC=CCCCCC(=O)O[C@H]1c1ccccc1. The Hall–Kier alpha value is -3.49. The number of carbonyl (C=O) groups excluding carboxylic acids is 3. The molecule has 1 aliphatic rings. The van der Waals surface area contributed by atoms with E-state index in [9.17, 15) is 19.5 Å².